The molecule has 0 heterocycles. The maximum absolute atomic E-state index is 10.8. The van der Waals surface area contributed by atoms with Crippen molar-refractivity contribution in [1.29, 1.82) is 0 Å². The highest BCUT2D eigenvalue weighted by atomic mass is 16.4. The van der Waals surface area contributed by atoms with Crippen LogP contribution in [0.3, 0.4) is 0 Å². The van der Waals surface area contributed by atoms with Crippen LogP contribution in [0.4, 0.5) is 0 Å². The zero-order valence-electron chi connectivity index (χ0n) is 10.5. The second-order valence-corrected chi connectivity index (χ2v) is 4.48. The number of carboxylic acid groups (broad SMARTS) is 1. The van der Waals surface area contributed by atoms with Gasteiger partial charge in [-0.15, -0.1) is 6.58 Å². The first kappa shape index (κ1) is 14.9. The average molecular weight is 224 g/mol. The molecule has 0 saturated heterocycles. The van der Waals surface area contributed by atoms with Crippen LogP contribution in [0.5, 0.6) is 0 Å². The Morgan fingerprint density at radius 2 is 2.00 bits per heavy atom. The van der Waals surface area contributed by atoms with Crippen molar-refractivity contribution < 1.29 is 9.90 Å². The SMILES string of the molecule is C=CCCC(C)CCC(CC)C(=C)C(=O)O. The average Bonchev–Trinajstić information content (AvgIpc) is 2.26. The van der Waals surface area contributed by atoms with Crippen molar-refractivity contribution in [3.8, 4) is 0 Å². The van der Waals surface area contributed by atoms with Gasteiger partial charge in [-0.2, -0.15) is 0 Å². The Labute approximate surface area is 99.1 Å². The van der Waals surface area contributed by atoms with Crippen LogP contribution in [0.25, 0.3) is 0 Å². The molecule has 16 heavy (non-hydrogen) atoms. The lowest BCUT2D eigenvalue weighted by atomic mass is 9.88. The highest BCUT2D eigenvalue weighted by molar-refractivity contribution is 5.86. The number of aliphatic carboxylic acids is 1. The fraction of sp³-hybridized carbons (Fsp3) is 0.643. The minimum Gasteiger partial charge on any atom is -0.478 e. The molecule has 0 aliphatic heterocycles. The van der Waals surface area contributed by atoms with Crippen LogP contribution < -0.4 is 0 Å². The van der Waals surface area contributed by atoms with E-state index in [0.717, 1.165) is 32.1 Å². The summed E-state index contributed by atoms with van der Waals surface area (Å²) >= 11 is 0. The standard InChI is InChI=1S/C14H24O2/c1-5-7-8-11(3)9-10-13(6-2)12(4)14(15)16/h5,11,13H,1,4,6-10H2,2-3H3,(H,15,16). The summed E-state index contributed by atoms with van der Waals surface area (Å²) in [5.74, 6) is -0.0945. The molecule has 0 aromatic heterocycles. The van der Waals surface area contributed by atoms with Gasteiger partial charge < -0.3 is 5.11 Å². The molecule has 0 aromatic rings. The van der Waals surface area contributed by atoms with Crippen LogP contribution in [0, 0.1) is 11.8 Å². The Kier molecular flexibility index (Phi) is 7.61. The van der Waals surface area contributed by atoms with E-state index in [-0.39, 0.29) is 5.92 Å². The van der Waals surface area contributed by atoms with Gasteiger partial charge in [0, 0.05) is 5.57 Å². The largest absolute Gasteiger partial charge is 0.478 e. The van der Waals surface area contributed by atoms with E-state index in [4.69, 9.17) is 5.11 Å². The molecule has 0 bridgehead atoms. The summed E-state index contributed by atoms with van der Waals surface area (Å²) in [6, 6.07) is 0. The van der Waals surface area contributed by atoms with E-state index >= 15 is 0 Å². The van der Waals surface area contributed by atoms with Crippen molar-refractivity contribution in [2.24, 2.45) is 11.8 Å². The van der Waals surface area contributed by atoms with Gasteiger partial charge in [-0.1, -0.05) is 32.9 Å². The summed E-state index contributed by atoms with van der Waals surface area (Å²) in [5, 5.41) is 8.88. The van der Waals surface area contributed by atoms with Crippen LogP contribution in [0.1, 0.15) is 46.0 Å². The van der Waals surface area contributed by atoms with Gasteiger partial charge in [0.2, 0.25) is 0 Å². The van der Waals surface area contributed by atoms with Gasteiger partial charge >= 0.3 is 5.97 Å². The number of hydrogen-bond donors (Lipinski definition) is 1. The van der Waals surface area contributed by atoms with Gasteiger partial charge in [-0.3, -0.25) is 0 Å². The lowest BCUT2D eigenvalue weighted by molar-refractivity contribution is -0.133. The molecule has 0 aliphatic carbocycles. The van der Waals surface area contributed by atoms with Crippen molar-refractivity contribution in [2.75, 3.05) is 0 Å². The summed E-state index contributed by atoms with van der Waals surface area (Å²) in [6.07, 6.45) is 6.97. The molecule has 0 saturated carbocycles. The molecule has 0 rings (SSSR count). The van der Waals surface area contributed by atoms with Crippen molar-refractivity contribution in [3.05, 3.63) is 24.8 Å². The van der Waals surface area contributed by atoms with Gasteiger partial charge in [0.1, 0.15) is 0 Å². The van der Waals surface area contributed by atoms with Crippen molar-refractivity contribution in [1.82, 2.24) is 0 Å². The first-order chi connectivity index (χ1) is 7.52. The van der Waals surface area contributed by atoms with E-state index in [9.17, 15) is 4.79 Å². The van der Waals surface area contributed by atoms with E-state index < -0.39 is 5.97 Å². The summed E-state index contributed by atoms with van der Waals surface area (Å²) in [5.41, 5.74) is 0.360. The van der Waals surface area contributed by atoms with E-state index in [1.54, 1.807) is 0 Å². The molecule has 0 aliphatic rings. The molecule has 0 aromatic carbocycles. The van der Waals surface area contributed by atoms with E-state index in [2.05, 4.69) is 20.1 Å². The fourth-order valence-electron chi connectivity index (χ4n) is 1.83. The summed E-state index contributed by atoms with van der Waals surface area (Å²) < 4.78 is 0. The first-order valence-electron chi connectivity index (χ1n) is 6.05. The van der Waals surface area contributed by atoms with Crippen LogP contribution >= 0.6 is 0 Å². The lowest BCUT2D eigenvalue weighted by Crippen LogP contribution is -2.12. The maximum Gasteiger partial charge on any atom is 0.331 e. The third-order valence-electron chi connectivity index (χ3n) is 3.13. The Morgan fingerprint density at radius 1 is 1.38 bits per heavy atom. The fourth-order valence-corrected chi connectivity index (χ4v) is 1.83. The molecule has 2 nitrogen and oxygen atoms in total. The van der Waals surface area contributed by atoms with Gasteiger partial charge in [0.05, 0.1) is 0 Å². The maximum atomic E-state index is 10.8. The molecule has 1 N–H and O–H groups in total. The third-order valence-corrected chi connectivity index (χ3v) is 3.13. The quantitative estimate of drug-likeness (QED) is 0.474. The predicted octanol–water partition coefficient (Wildman–Crippen LogP) is 4.04. The summed E-state index contributed by atoms with van der Waals surface area (Å²) in [6.45, 7) is 11.6. The summed E-state index contributed by atoms with van der Waals surface area (Å²) in [4.78, 5) is 10.8. The highest BCUT2D eigenvalue weighted by Crippen LogP contribution is 2.24. The number of hydrogen-bond acceptors (Lipinski definition) is 1. The topological polar surface area (TPSA) is 37.3 Å². The smallest absolute Gasteiger partial charge is 0.331 e. The zero-order valence-corrected chi connectivity index (χ0v) is 10.5. The molecule has 0 radical (unpaired) electrons. The number of allylic oxidation sites excluding steroid dienone is 1. The molecule has 2 heteroatoms. The molecular formula is C14H24O2. The second-order valence-electron chi connectivity index (χ2n) is 4.48. The number of rotatable bonds is 9. The molecule has 2 unspecified atom stereocenters. The van der Waals surface area contributed by atoms with E-state index in [1.165, 1.54) is 0 Å². The van der Waals surface area contributed by atoms with Gasteiger partial charge in [-0.05, 0) is 37.5 Å². The lowest BCUT2D eigenvalue weighted by Gasteiger charge is -2.17. The molecular weight excluding hydrogens is 200 g/mol. The van der Waals surface area contributed by atoms with Crippen molar-refractivity contribution in [3.63, 3.8) is 0 Å². The second kappa shape index (κ2) is 8.14. The number of carboxylic acids is 1. The normalized spacial score (nSPS) is 14.1. The zero-order chi connectivity index (χ0) is 12.6. The monoisotopic (exact) mass is 224 g/mol. The van der Waals surface area contributed by atoms with Crippen molar-refractivity contribution >= 4 is 5.97 Å². The molecule has 0 spiro atoms. The van der Waals surface area contributed by atoms with Crippen LogP contribution in [-0.4, -0.2) is 11.1 Å². The first-order valence-corrected chi connectivity index (χ1v) is 6.05. The van der Waals surface area contributed by atoms with Crippen LogP contribution in [0.2, 0.25) is 0 Å². The Morgan fingerprint density at radius 3 is 2.44 bits per heavy atom. The minimum absolute atomic E-state index is 0.128. The number of carbonyl (C=O) groups is 1. The van der Waals surface area contributed by atoms with Crippen LogP contribution in [0.15, 0.2) is 24.8 Å². The van der Waals surface area contributed by atoms with Crippen molar-refractivity contribution in [2.45, 2.75) is 46.0 Å². The molecule has 0 fully saturated rings. The Hall–Kier alpha value is -1.05. The van der Waals surface area contributed by atoms with Gasteiger partial charge in [-0.25, -0.2) is 4.79 Å². The van der Waals surface area contributed by atoms with Gasteiger partial charge in [0.15, 0.2) is 0 Å². The minimum atomic E-state index is -0.856. The Balaban J connectivity index is 3.99. The Bertz CT molecular complexity index is 243. The highest BCUT2D eigenvalue weighted by Gasteiger charge is 2.17. The van der Waals surface area contributed by atoms with E-state index in [0.29, 0.717) is 11.5 Å². The molecule has 92 valence electrons. The predicted molar refractivity (Wildman–Crippen MR) is 68.4 cm³/mol. The van der Waals surface area contributed by atoms with E-state index in [1.807, 2.05) is 13.0 Å². The third kappa shape index (κ3) is 5.74. The van der Waals surface area contributed by atoms with Gasteiger partial charge in [0.25, 0.3) is 0 Å². The summed E-state index contributed by atoms with van der Waals surface area (Å²) in [7, 11) is 0. The van der Waals surface area contributed by atoms with Crippen LogP contribution in [-0.2, 0) is 4.79 Å². The molecule has 0 amide bonds. The molecule has 2 atom stereocenters.